The van der Waals surface area contributed by atoms with Crippen molar-refractivity contribution in [3.63, 3.8) is 0 Å². The number of hydrogen-bond acceptors (Lipinski definition) is 7. The van der Waals surface area contributed by atoms with Gasteiger partial charge in [-0.2, -0.15) is 18.2 Å². The molecule has 1 aliphatic rings. The Morgan fingerprint density at radius 3 is 2.62 bits per heavy atom. The molecule has 1 aromatic heterocycles. The van der Waals surface area contributed by atoms with Crippen LogP contribution in [-0.4, -0.2) is 59.9 Å². The van der Waals surface area contributed by atoms with E-state index in [0.29, 0.717) is 36.2 Å². The number of nitrogens with zero attached hydrogens (tertiary/aromatic N) is 4. The number of halogens is 3. The Hall–Kier alpha value is -2.27. The first kappa shape index (κ1) is 21.4. The maximum absolute atomic E-state index is 13.6. The molecule has 0 atom stereocenters. The largest absolute Gasteiger partial charge is 0.418 e. The van der Waals surface area contributed by atoms with Gasteiger partial charge >= 0.3 is 6.18 Å². The predicted octanol–water partition coefficient (Wildman–Crippen LogP) is 3.02. The third-order valence-corrected chi connectivity index (χ3v) is 5.41. The quantitative estimate of drug-likeness (QED) is 0.757. The number of nitrogens with one attached hydrogen (secondary N) is 1. The molecule has 0 unspecified atom stereocenters. The molecular weight excluding hydrogens is 407 g/mol. The van der Waals surface area contributed by atoms with E-state index in [0.717, 1.165) is 19.2 Å². The van der Waals surface area contributed by atoms with Gasteiger partial charge in [-0.1, -0.05) is 5.16 Å². The van der Waals surface area contributed by atoms with Gasteiger partial charge in [0.25, 0.3) is 0 Å². The Morgan fingerprint density at radius 2 is 2.00 bits per heavy atom. The summed E-state index contributed by atoms with van der Waals surface area (Å²) in [6.45, 7) is 4.55. The summed E-state index contributed by atoms with van der Waals surface area (Å²) in [6.07, 6.45) is -4.57. The molecule has 1 saturated heterocycles. The van der Waals surface area contributed by atoms with Crippen LogP contribution in [0.5, 0.6) is 0 Å². The minimum absolute atomic E-state index is 0.0227. The van der Waals surface area contributed by atoms with Crippen molar-refractivity contribution in [2.24, 2.45) is 0 Å². The Balaban J connectivity index is 1.65. The van der Waals surface area contributed by atoms with Gasteiger partial charge < -0.3 is 19.6 Å². The molecular formula is C18H22F3N5O2S. The van der Waals surface area contributed by atoms with Gasteiger partial charge in [0.05, 0.1) is 22.8 Å². The number of aromatic nitrogens is 2. The van der Waals surface area contributed by atoms with E-state index in [-0.39, 0.29) is 11.4 Å². The zero-order valence-electron chi connectivity index (χ0n) is 16.1. The van der Waals surface area contributed by atoms with Crippen LogP contribution in [0.3, 0.4) is 0 Å². The molecule has 0 saturated carbocycles. The molecule has 0 spiro atoms. The molecule has 0 aliphatic carbocycles. The Kier molecular flexibility index (Phi) is 6.68. The predicted molar refractivity (Wildman–Crippen MR) is 105 cm³/mol. The number of anilines is 2. The van der Waals surface area contributed by atoms with E-state index < -0.39 is 17.6 Å². The lowest BCUT2D eigenvalue weighted by molar-refractivity contribution is -0.136. The van der Waals surface area contributed by atoms with Crippen LogP contribution < -0.4 is 10.2 Å². The molecule has 11 heteroatoms. The van der Waals surface area contributed by atoms with Crippen LogP contribution in [0.25, 0.3) is 0 Å². The highest BCUT2D eigenvalue weighted by molar-refractivity contribution is 7.99. The Labute approximate surface area is 170 Å². The maximum Gasteiger partial charge on any atom is 0.418 e. The first-order valence-electron chi connectivity index (χ1n) is 9.04. The lowest BCUT2D eigenvalue weighted by atomic mass is 10.1. The minimum Gasteiger partial charge on any atom is -0.369 e. The second-order valence-corrected chi connectivity index (χ2v) is 7.77. The molecule has 0 bridgehead atoms. The second kappa shape index (κ2) is 9.04. The fourth-order valence-electron chi connectivity index (χ4n) is 2.96. The van der Waals surface area contributed by atoms with Crippen LogP contribution in [0.4, 0.5) is 24.5 Å². The molecule has 3 rings (SSSR count). The maximum atomic E-state index is 13.6. The van der Waals surface area contributed by atoms with E-state index >= 15 is 0 Å². The summed E-state index contributed by atoms with van der Waals surface area (Å²) in [7, 11) is 1.98. The van der Waals surface area contributed by atoms with Gasteiger partial charge in [0, 0.05) is 38.8 Å². The number of amides is 1. The Morgan fingerprint density at radius 1 is 1.28 bits per heavy atom. The standard InChI is InChI=1S/C18H22F3N5O2S/c1-12-22-16(24-28-12)10-29-11-17(27)23-15-4-3-13(9-14(15)18(19,20)21)26-7-5-25(2)6-8-26/h3-4,9H,5-8,10-11H2,1-2H3,(H,23,27). The molecule has 1 aromatic carbocycles. The molecule has 1 N–H and O–H groups in total. The van der Waals surface area contributed by atoms with Crippen molar-refractivity contribution < 1.29 is 22.5 Å². The van der Waals surface area contributed by atoms with Crippen molar-refractivity contribution in [1.82, 2.24) is 15.0 Å². The van der Waals surface area contributed by atoms with E-state index in [4.69, 9.17) is 4.52 Å². The van der Waals surface area contributed by atoms with E-state index in [1.165, 1.54) is 17.8 Å². The number of hydrogen-bond donors (Lipinski definition) is 1. The molecule has 2 heterocycles. The molecule has 0 radical (unpaired) electrons. The number of piperazine rings is 1. The van der Waals surface area contributed by atoms with E-state index in [1.807, 2.05) is 11.9 Å². The molecule has 7 nitrogen and oxygen atoms in total. The van der Waals surface area contributed by atoms with Gasteiger partial charge in [0.15, 0.2) is 5.82 Å². The lowest BCUT2D eigenvalue weighted by Crippen LogP contribution is -2.44. The van der Waals surface area contributed by atoms with Crippen molar-refractivity contribution in [1.29, 1.82) is 0 Å². The van der Waals surface area contributed by atoms with E-state index in [1.54, 1.807) is 13.0 Å². The molecule has 1 amide bonds. The lowest BCUT2D eigenvalue weighted by Gasteiger charge is -2.34. The number of thioether (sulfide) groups is 1. The monoisotopic (exact) mass is 429 g/mol. The van der Waals surface area contributed by atoms with Crippen LogP contribution in [0.2, 0.25) is 0 Å². The van der Waals surface area contributed by atoms with Crippen LogP contribution in [0, 0.1) is 6.92 Å². The summed E-state index contributed by atoms with van der Waals surface area (Å²) >= 11 is 1.20. The fourth-order valence-corrected chi connectivity index (χ4v) is 3.62. The highest BCUT2D eigenvalue weighted by Crippen LogP contribution is 2.37. The number of likely N-dealkylation sites (N-methyl/N-ethyl adjacent to an activating group) is 1. The van der Waals surface area contributed by atoms with Crippen molar-refractivity contribution in [3.8, 4) is 0 Å². The Bertz CT molecular complexity index is 850. The van der Waals surface area contributed by atoms with Crippen molar-refractivity contribution in [2.45, 2.75) is 18.9 Å². The average Bonchev–Trinajstić information content (AvgIpc) is 3.07. The van der Waals surface area contributed by atoms with E-state index in [9.17, 15) is 18.0 Å². The van der Waals surface area contributed by atoms with Crippen molar-refractivity contribution >= 4 is 29.0 Å². The van der Waals surface area contributed by atoms with Crippen LogP contribution in [0.15, 0.2) is 22.7 Å². The van der Waals surface area contributed by atoms with Gasteiger partial charge in [-0.15, -0.1) is 11.8 Å². The number of rotatable bonds is 6. The van der Waals surface area contributed by atoms with Gasteiger partial charge in [0.2, 0.25) is 11.8 Å². The molecule has 1 fully saturated rings. The van der Waals surface area contributed by atoms with Gasteiger partial charge in [-0.25, -0.2) is 0 Å². The average molecular weight is 429 g/mol. The third kappa shape index (κ3) is 5.86. The van der Waals surface area contributed by atoms with Crippen LogP contribution in [0.1, 0.15) is 17.3 Å². The normalized spacial score (nSPS) is 15.6. The molecule has 2 aromatic rings. The minimum atomic E-state index is -4.57. The van der Waals surface area contributed by atoms with Gasteiger partial charge in [0.1, 0.15) is 0 Å². The summed E-state index contributed by atoms with van der Waals surface area (Å²) in [4.78, 5) is 20.2. The molecule has 158 valence electrons. The number of alkyl halides is 3. The topological polar surface area (TPSA) is 74.5 Å². The highest BCUT2D eigenvalue weighted by Gasteiger charge is 2.35. The zero-order chi connectivity index (χ0) is 21.0. The summed E-state index contributed by atoms with van der Waals surface area (Å²) < 4.78 is 45.6. The summed E-state index contributed by atoms with van der Waals surface area (Å²) in [6, 6.07) is 4.04. The number of carbonyl (C=O) groups is 1. The zero-order valence-corrected chi connectivity index (χ0v) is 16.9. The van der Waals surface area contributed by atoms with Crippen LogP contribution in [-0.2, 0) is 16.7 Å². The molecule has 1 aliphatic heterocycles. The van der Waals surface area contributed by atoms with Gasteiger partial charge in [-0.05, 0) is 25.2 Å². The SMILES string of the molecule is Cc1nc(CSCC(=O)Nc2ccc(N3CCN(C)CC3)cc2C(F)(F)F)no1. The van der Waals surface area contributed by atoms with Crippen molar-refractivity contribution in [2.75, 3.05) is 49.2 Å². The fraction of sp³-hybridized carbons (Fsp3) is 0.500. The van der Waals surface area contributed by atoms with Gasteiger partial charge in [-0.3, -0.25) is 4.79 Å². The number of benzene rings is 1. The smallest absolute Gasteiger partial charge is 0.369 e. The highest BCUT2D eigenvalue weighted by atomic mass is 32.2. The van der Waals surface area contributed by atoms with E-state index in [2.05, 4.69) is 20.4 Å². The van der Waals surface area contributed by atoms with Crippen molar-refractivity contribution in [3.05, 3.63) is 35.5 Å². The molecule has 29 heavy (non-hydrogen) atoms. The number of carbonyl (C=O) groups excluding carboxylic acids is 1. The summed E-state index contributed by atoms with van der Waals surface area (Å²) in [5, 5.41) is 6.08. The summed E-state index contributed by atoms with van der Waals surface area (Å²) in [5.41, 5.74) is -0.581. The first-order valence-corrected chi connectivity index (χ1v) is 10.2. The number of aryl methyl sites for hydroxylation is 1. The summed E-state index contributed by atoms with van der Waals surface area (Å²) in [5.74, 6) is 0.644. The third-order valence-electron chi connectivity index (χ3n) is 4.49. The second-order valence-electron chi connectivity index (χ2n) is 6.79. The first-order chi connectivity index (χ1) is 13.7. The van der Waals surface area contributed by atoms with Crippen LogP contribution >= 0.6 is 11.8 Å².